The summed E-state index contributed by atoms with van der Waals surface area (Å²) in [4.78, 5) is 4.29. The number of rotatable bonds is 3. The van der Waals surface area contributed by atoms with Gasteiger partial charge in [-0.1, -0.05) is 0 Å². The number of methoxy groups -OCH3 is 1. The van der Waals surface area contributed by atoms with E-state index in [1.165, 1.54) is 19.3 Å². The number of anilines is 1. The van der Waals surface area contributed by atoms with E-state index < -0.39 is 0 Å². The lowest BCUT2D eigenvalue weighted by Crippen LogP contribution is -2.31. The molecule has 0 spiro atoms. The van der Waals surface area contributed by atoms with Crippen LogP contribution in [0.15, 0.2) is 18.3 Å². The van der Waals surface area contributed by atoms with Crippen LogP contribution in [-0.4, -0.2) is 24.2 Å². The Kier molecular flexibility index (Phi) is 3.78. The van der Waals surface area contributed by atoms with Crippen molar-refractivity contribution in [2.24, 2.45) is 0 Å². The lowest BCUT2D eigenvalue weighted by atomic mass is 9.92. The number of hydrogen-bond donors (Lipinski definition) is 1. The molecule has 0 bridgehead atoms. The molecule has 2 atom stereocenters. The van der Waals surface area contributed by atoms with Crippen molar-refractivity contribution in [3.05, 3.63) is 24.0 Å². The maximum atomic E-state index is 5.43. The van der Waals surface area contributed by atoms with Crippen LogP contribution in [0, 0.1) is 6.92 Å². The van der Waals surface area contributed by atoms with E-state index in [0.29, 0.717) is 12.1 Å². The van der Waals surface area contributed by atoms with E-state index in [9.17, 15) is 0 Å². The minimum absolute atomic E-state index is 0.420. The minimum Gasteiger partial charge on any atom is -0.381 e. The Bertz CT molecular complexity index is 340. The second-order valence-electron chi connectivity index (χ2n) is 4.50. The van der Waals surface area contributed by atoms with Crippen molar-refractivity contribution in [1.82, 2.24) is 4.98 Å². The molecule has 16 heavy (non-hydrogen) atoms. The van der Waals surface area contributed by atoms with Crippen LogP contribution in [0.5, 0.6) is 0 Å². The summed E-state index contributed by atoms with van der Waals surface area (Å²) in [5, 5.41) is 3.57. The molecule has 88 valence electrons. The van der Waals surface area contributed by atoms with Crippen molar-refractivity contribution < 1.29 is 4.74 Å². The van der Waals surface area contributed by atoms with Crippen LogP contribution in [0.1, 0.15) is 31.4 Å². The van der Waals surface area contributed by atoms with Gasteiger partial charge in [0.05, 0.1) is 17.5 Å². The van der Waals surface area contributed by atoms with Crippen LogP contribution in [-0.2, 0) is 4.74 Å². The highest BCUT2D eigenvalue weighted by Crippen LogP contribution is 2.24. The van der Waals surface area contributed by atoms with E-state index >= 15 is 0 Å². The fourth-order valence-corrected chi connectivity index (χ4v) is 2.35. The average molecular weight is 220 g/mol. The second-order valence-corrected chi connectivity index (χ2v) is 4.50. The molecule has 0 aliphatic heterocycles. The van der Waals surface area contributed by atoms with Gasteiger partial charge in [-0.2, -0.15) is 0 Å². The molecule has 1 aliphatic carbocycles. The van der Waals surface area contributed by atoms with Crippen LogP contribution >= 0.6 is 0 Å². The maximum Gasteiger partial charge on any atom is 0.0603 e. The SMILES string of the molecule is COC1CCCC(Nc2cccnc2C)C1. The smallest absolute Gasteiger partial charge is 0.0603 e. The second kappa shape index (κ2) is 5.30. The number of aryl methyl sites for hydroxylation is 1. The molecule has 1 N–H and O–H groups in total. The van der Waals surface area contributed by atoms with Crippen molar-refractivity contribution in [2.45, 2.75) is 44.8 Å². The first kappa shape index (κ1) is 11.4. The van der Waals surface area contributed by atoms with Crippen LogP contribution in [0.3, 0.4) is 0 Å². The fourth-order valence-electron chi connectivity index (χ4n) is 2.35. The summed E-state index contributed by atoms with van der Waals surface area (Å²) in [6.45, 7) is 2.04. The van der Waals surface area contributed by atoms with Crippen molar-refractivity contribution in [2.75, 3.05) is 12.4 Å². The van der Waals surface area contributed by atoms with E-state index in [-0.39, 0.29) is 0 Å². The zero-order chi connectivity index (χ0) is 11.4. The first-order valence-corrected chi connectivity index (χ1v) is 6.00. The number of hydrogen-bond acceptors (Lipinski definition) is 3. The molecule has 0 aromatic carbocycles. The average Bonchev–Trinajstić information content (AvgIpc) is 2.32. The fraction of sp³-hybridized carbons (Fsp3) is 0.615. The van der Waals surface area contributed by atoms with Crippen molar-refractivity contribution >= 4 is 5.69 Å². The minimum atomic E-state index is 0.420. The van der Waals surface area contributed by atoms with Gasteiger partial charge in [-0.25, -0.2) is 0 Å². The van der Waals surface area contributed by atoms with Gasteiger partial charge in [-0.15, -0.1) is 0 Å². The van der Waals surface area contributed by atoms with Gasteiger partial charge >= 0.3 is 0 Å². The molecule has 0 saturated heterocycles. The van der Waals surface area contributed by atoms with Gasteiger partial charge < -0.3 is 10.1 Å². The zero-order valence-corrected chi connectivity index (χ0v) is 10.1. The molecule has 1 fully saturated rings. The topological polar surface area (TPSA) is 34.1 Å². The number of ether oxygens (including phenoxy) is 1. The molecule has 3 heteroatoms. The molecule has 1 aliphatic rings. The van der Waals surface area contributed by atoms with Gasteiger partial charge in [0.1, 0.15) is 0 Å². The van der Waals surface area contributed by atoms with Crippen molar-refractivity contribution in [3.63, 3.8) is 0 Å². The van der Waals surface area contributed by atoms with Gasteiger partial charge in [0.2, 0.25) is 0 Å². The van der Waals surface area contributed by atoms with Crippen LogP contribution < -0.4 is 5.32 Å². The molecule has 0 radical (unpaired) electrons. The standard InChI is InChI=1S/C13H20N2O/c1-10-13(7-4-8-14-10)15-11-5-3-6-12(9-11)16-2/h4,7-8,11-12,15H,3,5-6,9H2,1-2H3. The zero-order valence-electron chi connectivity index (χ0n) is 10.1. The Morgan fingerprint density at radius 1 is 1.44 bits per heavy atom. The van der Waals surface area contributed by atoms with Crippen molar-refractivity contribution in [1.29, 1.82) is 0 Å². The van der Waals surface area contributed by atoms with Gasteiger partial charge in [-0.3, -0.25) is 4.98 Å². The molecule has 1 saturated carbocycles. The third-order valence-electron chi connectivity index (χ3n) is 3.33. The van der Waals surface area contributed by atoms with Gasteiger partial charge in [0, 0.05) is 19.3 Å². The highest BCUT2D eigenvalue weighted by atomic mass is 16.5. The molecule has 1 aromatic rings. The van der Waals surface area contributed by atoms with E-state index in [1.54, 1.807) is 0 Å². The van der Waals surface area contributed by atoms with Crippen LogP contribution in [0.4, 0.5) is 5.69 Å². The van der Waals surface area contributed by atoms with Crippen molar-refractivity contribution in [3.8, 4) is 0 Å². The Labute approximate surface area is 97.2 Å². The van der Waals surface area contributed by atoms with E-state index in [0.717, 1.165) is 17.8 Å². The first-order chi connectivity index (χ1) is 7.79. The highest BCUT2D eigenvalue weighted by Gasteiger charge is 2.21. The molecule has 1 aromatic heterocycles. The molecule has 1 heterocycles. The predicted octanol–water partition coefficient (Wildman–Crippen LogP) is 2.76. The van der Waals surface area contributed by atoms with E-state index in [1.807, 2.05) is 26.3 Å². The normalized spacial score (nSPS) is 25.4. The Hall–Kier alpha value is -1.09. The Morgan fingerprint density at radius 3 is 3.06 bits per heavy atom. The van der Waals surface area contributed by atoms with Crippen LogP contribution in [0.25, 0.3) is 0 Å². The predicted molar refractivity (Wildman–Crippen MR) is 65.6 cm³/mol. The van der Waals surface area contributed by atoms with Gasteiger partial charge in [0.15, 0.2) is 0 Å². The third-order valence-corrected chi connectivity index (χ3v) is 3.33. The summed E-state index contributed by atoms with van der Waals surface area (Å²) < 4.78 is 5.43. The summed E-state index contributed by atoms with van der Waals surface area (Å²) in [7, 11) is 1.81. The summed E-state index contributed by atoms with van der Waals surface area (Å²) in [6, 6.07) is 4.60. The number of pyridine rings is 1. The van der Waals surface area contributed by atoms with Gasteiger partial charge in [-0.05, 0) is 44.7 Å². The summed E-state index contributed by atoms with van der Waals surface area (Å²) >= 11 is 0. The monoisotopic (exact) mass is 220 g/mol. The maximum absolute atomic E-state index is 5.43. The molecule has 2 rings (SSSR count). The quantitative estimate of drug-likeness (QED) is 0.850. The Balaban J connectivity index is 1.97. The Morgan fingerprint density at radius 2 is 2.31 bits per heavy atom. The van der Waals surface area contributed by atoms with E-state index in [4.69, 9.17) is 4.74 Å². The largest absolute Gasteiger partial charge is 0.381 e. The first-order valence-electron chi connectivity index (χ1n) is 6.00. The number of aromatic nitrogens is 1. The summed E-state index contributed by atoms with van der Waals surface area (Å²) in [6.07, 6.45) is 7.03. The van der Waals surface area contributed by atoms with Gasteiger partial charge in [0.25, 0.3) is 0 Å². The summed E-state index contributed by atoms with van der Waals surface area (Å²) in [5.41, 5.74) is 2.23. The van der Waals surface area contributed by atoms with E-state index in [2.05, 4.69) is 16.4 Å². The molecule has 0 amide bonds. The highest BCUT2D eigenvalue weighted by molar-refractivity contribution is 5.47. The number of nitrogens with zero attached hydrogens (tertiary/aromatic N) is 1. The summed E-state index contributed by atoms with van der Waals surface area (Å²) in [5.74, 6) is 0. The van der Waals surface area contributed by atoms with Crippen LogP contribution in [0.2, 0.25) is 0 Å². The molecule has 3 nitrogen and oxygen atoms in total. The molecular formula is C13H20N2O. The molecular weight excluding hydrogens is 200 g/mol. The number of nitrogens with one attached hydrogen (secondary N) is 1. The lowest BCUT2D eigenvalue weighted by molar-refractivity contribution is 0.0669. The third kappa shape index (κ3) is 2.73. The molecule has 2 unspecified atom stereocenters. The lowest BCUT2D eigenvalue weighted by Gasteiger charge is -2.29.